The van der Waals surface area contributed by atoms with Crippen LogP contribution in [-0.2, 0) is 9.59 Å². The number of carbonyl (C=O) groups excluding carboxylic acids is 2. The molecule has 78 valence electrons. The van der Waals surface area contributed by atoms with Crippen LogP contribution in [0, 0.1) is 46.3 Å². The molecular weight excluding hydrogens is 188 g/mol. The van der Waals surface area contributed by atoms with E-state index in [4.69, 9.17) is 0 Å². The van der Waals surface area contributed by atoms with Gasteiger partial charge in [0.25, 0.3) is 0 Å². The summed E-state index contributed by atoms with van der Waals surface area (Å²) in [7, 11) is 0. The van der Waals surface area contributed by atoms with Crippen LogP contribution >= 0.6 is 0 Å². The van der Waals surface area contributed by atoms with E-state index in [9.17, 15) is 9.59 Å². The monoisotopic (exact) mass is 202 g/mol. The Morgan fingerprint density at radius 2 is 1.33 bits per heavy atom. The van der Waals surface area contributed by atoms with Crippen molar-refractivity contribution in [2.75, 3.05) is 0 Å². The Morgan fingerprint density at radius 3 is 1.73 bits per heavy atom. The summed E-state index contributed by atoms with van der Waals surface area (Å²) >= 11 is 0. The number of hydrogen-bond donors (Lipinski definition) is 0. The number of Topliss-reactive ketones (excluding diaryl/α,β-unsaturated/α-hetero) is 2. The van der Waals surface area contributed by atoms with Crippen LogP contribution in [0.25, 0.3) is 0 Å². The Labute approximate surface area is 88.4 Å². The van der Waals surface area contributed by atoms with Crippen LogP contribution in [0.4, 0.5) is 0 Å². The first-order valence-corrected chi connectivity index (χ1v) is 6.13. The first kappa shape index (κ1) is 7.59. The maximum Gasteiger partial charge on any atom is 0.144 e. The Kier molecular flexibility index (Phi) is 0.778. The van der Waals surface area contributed by atoms with E-state index >= 15 is 0 Å². The van der Waals surface area contributed by atoms with Gasteiger partial charge in [0.15, 0.2) is 0 Å². The van der Waals surface area contributed by atoms with Crippen molar-refractivity contribution in [3.05, 3.63) is 0 Å². The summed E-state index contributed by atoms with van der Waals surface area (Å²) in [5.41, 5.74) is -0.488. The highest BCUT2D eigenvalue weighted by atomic mass is 16.2. The molecule has 5 aliphatic carbocycles. The highest BCUT2D eigenvalue weighted by Crippen LogP contribution is 2.89. The lowest BCUT2D eigenvalue weighted by Gasteiger charge is -2.59. The van der Waals surface area contributed by atoms with Gasteiger partial charge in [0, 0.05) is 22.7 Å². The molecule has 0 aromatic heterocycles. The predicted molar refractivity (Wildman–Crippen MR) is 51.8 cm³/mol. The molecule has 0 aliphatic heterocycles. The second-order valence-electron chi connectivity index (χ2n) is 6.80. The van der Waals surface area contributed by atoms with Gasteiger partial charge in [0.2, 0.25) is 0 Å². The summed E-state index contributed by atoms with van der Waals surface area (Å²) in [6, 6.07) is 0. The lowest BCUT2D eigenvalue weighted by atomic mass is 9.41. The molecule has 0 aromatic carbocycles. The van der Waals surface area contributed by atoms with Gasteiger partial charge in [-0.1, -0.05) is 13.8 Å². The second-order valence-corrected chi connectivity index (χ2v) is 6.80. The fourth-order valence-electron chi connectivity index (χ4n) is 6.83. The van der Waals surface area contributed by atoms with Crippen molar-refractivity contribution in [1.82, 2.24) is 0 Å². The van der Waals surface area contributed by atoms with E-state index in [1.807, 2.05) is 0 Å². The quantitative estimate of drug-likeness (QED) is 0.593. The van der Waals surface area contributed by atoms with E-state index < -0.39 is 0 Å². The number of ketones is 2. The molecule has 5 aliphatic rings. The smallest absolute Gasteiger partial charge is 0.144 e. The summed E-state index contributed by atoms with van der Waals surface area (Å²) in [5, 5.41) is 0. The lowest BCUT2D eigenvalue weighted by Crippen LogP contribution is -2.64. The van der Waals surface area contributed by atoms with Crippen LogP contribution < -0.4 is 0 Å². The third-order valence-corrected chi connectivity index (χ3v) is 7.20. The van der Waals surface area contributed by atoms with E-state index in [1.165, 1.54) is 6.42 Å². The third kappa shape index (κ3) is 0.367. The Balaban J connectivity index is 1.95. The van der Waals surface area contributed by atoms with Crippen molar-refractivity contribution in [2.45, 2.75) is 20.3 Å². The topological polar surface area (TPSA) is 34.1 Å². The first-order valence-electron chi connectivity index (χ1n) is 6.13. The van der Waals surface area contributed by atoms with Gasteiger partial charge < -0.3 is 0 Å². The van der Waals surface area contributed by atoms with Crippen LogP contribution in [0.15, 0.2) is 0 Å². The van der Waals surface area contributed by atoms with Crippen molar-refractivity contribution in [2.24, 2.45) is 46.3 Å². The van der Waals surface area contributed by atoms with E-state index in [0.29, 0.717) is 35.2 Å². The maximum atomic E-state index is 12.4. The van der Waals surface area contributed by atoms with Gasteiger partial charge >= 0.3 is 0 Å². The molecule has 5 rings (SSSR count). The molecule has 5 fully saturated rings. The fraction of sp³-hybridized carbons (Fsp3) is 0.846. The number of rotatable bonds is 0. The van der Waals surface area contributed by atoms with Crippen molar-refractivity contribution < 1.29 is 9.59 Å². The van der Waals surface area contributed by atoms with Crippen LogP contribution in [-0.4, -0.2) is 11.6 Å². The molecule has 8 unspecified atom stereocenters. The zero-order valence-corrected chi connectivity index (χ0v) is 8.99. The molecular formula is C13H14O2. The summed E-state index contributed by atoms with van der Waals surface area (Å²) in [5.74, 6) is 3.61. The lowest BCUT2D eigenvalue weighted by molar-refractivity contribution is -0.180. The molecule has 0 amide bonds. The average Bonchev–Trinajstić information content (AvgIpc) is 2.79. The molecule has 0 N–H and O–H groups in total. The van der Waals surface area contributed by atoms with E-state index in [2.05, 4.69) is 13.8 Å². The summed E-state index contributed by atoms with van der Waals surface area (Å²) in [4.78, 5) is 24.8. The SMILES string of the molecule is CC12C(=O)C3C4CC5C3C(=O)C1(C)C5C42. The average molecular weight is 202 g/mol. The minimum absolute atomic E-state index is 0.157. The molecule has 0 aromatic rings. The van der Waals surface area contributed by atoms with Gasteiger partial charge in [0.05, 0.1) is 0 Å². The van der Waals surface area contributed by atoms with Crippen LogP contribution in [0.2, 0.25) is 0 Å². The first-order chi connectivity index (χ1) is 7.04. The minimum atomic E-state index is -0.244. The van der Waals surface area contributed by atoms with Crippen molar-refractivity contribution >= 4 is 11.6 Å². The molecule has 0 spiro atoms. The molecule has 2 nitrogen and oxygen atoms in total. The number of carbonyl (C=O) groups is 2. The highest BCUT2D eigenvalue weighted by molar-refractivity contribution is 6.11. The standard InChI is InChI=1S/C13H14O2/c1-12-8-4-3-5-7(6(4)10(12)14)11(15)13(12,2)9(5)8/h4-9H,3H2,1-2H3. The summed E-state index contributed by atoms with van der Waals surface area (Å²) in [6.45, 7) is 4.18. The third-order valence-electron chi connectivity index (χ3n) is 7.20. The molecule has 2 bridgehead atoms. The highest BCUT2D eigenvalue weighted by Gasteiger charge is 2.93. The summed E-state index contributed by atoms with van der Waals surface area (Å²) in [6.07, 6.45) is 1.19. The fourth-order valence-corrected chi connectivity index (χ4v) is 6.83. The van der Waals surface area contributed by atoms with Crippen molar-refractivity contribution in [3.8, 4) is 0 Å². The molecule has 2 heteroatoms. The molecule has 0 saturated heterocycles. The Bertz CT molecular complexity index is 425. The predicted octanol–water partition coefficient (Wildman–Crippen LogP) is 1.29. The van der Waals surface area contributed by atoms with Crippen molar-refractivity contribution in [3.63, 3.8) is 0 Å². The van der Waals surface area contributed by atoms with Gasteiger partial charge in [-0.3, -0.25) is 9.59 Å². The van der Waals surface area contributed by atoms with Gasteiger partial charge in [0.1, 0.15) is 11.6 Å². The zero-order chi connectivity index (χ0) is 10.3. The zero-order valence-electron chi connectivity index (χ0n) is 8.99. The Hall–Kier alpha value is -0.660. The molecule has 8 atom stereocenters. The van der Waals surface area contributed by atoms with Gasteiger partial charge in [-0.05, 0) is 30.1 Å². The van der Waals surface area contributed by atoms with E-state index in [-0.39, 0.29) is 22.7 Å². The van der Waals surface area contributed by atoms with Gasteiger partial charge in [-0.15, -0.1) is 0 Å². The Morgan fingerprint density at radius 1 is 0.933 bits per heavy atom. The second kappa shape index (κ2) is 1.54. The maximum absolute atomic E-state index is 12.4. The van der Waals surface area contributed by atoms with Crippen LogP contribution in [0.5, 0.6) is 0 Å². The summed E-state index contributed by atoms with van der Waals surface area (Å²) < 4.78 is 0. The van der Waals surface area contributed by atoms with Gasteiger partial charge in [-0.25, -0.2) is 0 Å². The largest absolute Gasteiger partial charge is 0.299 e. The molecule has 0 radical (unpaired) electrons. The number of fused-ring (bicyclic) bond motifs is 2. The van der Waals surface area contributed by atoms with Crippen LogP contribution in [0.1, 0.15) is 20.3 Å². The van der Waals surface area contributed by atoms with E-state index in [1.54, 1.807) is 0 Å². The molecule has 5 saturated carbocycles. The van der Waals surface area contributed by atoms with Crippen LogP contribution in [0.3, 0.4) is 0 Å². The van der Waals surface area contributed by atoms with E-state index in [0.717, 1.165) is 0 Å². The molecule has 0 heterocycles. The van der Waals surface area contributed by atoms with Crippen molar-refractivity contribution in [1.29, 1.82) is 0 Å². The molecule has 15 heavy (non-hydrogen) atoms. The van der Waals surface area contributed by atoms with Gasteiger partial charge in [-0.2, -0.15) is 0 Å². The minimum Gasteiger partial charge on any atom is -0.299 e. The normalized spacial score (nSPS) is 75.9. The number of hydrogen-bond acceptors (Lipinski definition) is 2.